The van der Waals surface area contributed by atoms with Crippen LogP contribution >= 0.6 is 0 Å². The first-order valence-electron chi connectivity index (χ1n) is 7.99. The molecule has 6 heteroatoms. The summed E-state index contributed by atoms with van der Waals surface area (Å²) in [7, 11) is 0. The molecule has 0 atom stereocenters. The minimum Gasteiger partial charge on any atom is -0.357 e. The van der Waals surface area contributed by atoms with Crippen LogP contribution in [-0.4, -0.2) is 33.7 Å². The normalized spacial score (nSPS) is 15.1. The topological polar surface area (TPSA) is 78.0 Å². The van der Waals surface area contributed by atoms with Gasteiger partial charge in [-0.3, -0.25) is 5.10 Å². The summed E-state index contributed by atoms with van der Waals surface area (Å²) < 4.78 is 0. The Balaban J connectivity index is 1.67. The summed E-state index contributed by atoms with van der Waals surface area (Å²) in [5.41, 5.74) is 2.16. The van der Waals surface area contributed by atoms with E-state index in [1.807, 2.05) is 12.1 Å². The van der Waals surface area contributed by atoms with E-state index in [-0.39, 0.29) is 0 Å². The summed E-state index contributed by atoms with van der Waals surface area (Å²) in [4.78, 5) is 8.88. The molecule has 0 saturated carbocycles. The van der Waals surface area contributed by atoms with Gasteiger partial charge in [0.25, 0.3) is 0 Å². The third-order valence-electron chi connectivity index (χ3n) is 3.73. The summed E-state index contributed by atoms with van der Waals surface area (Å²) >= 11 is 0. The molecule has 0 amide bonds. The highest BCUT2D eigenvalue weighted by Crippen LogP contribution is 2.16. The molecule has 3 rings (SSSR count). The Morgan fingerprint density at radius 2 is 2.22 bits per heavy atom. The van der Waals surface area contributed by atoms with Crippen LogP contribution in [-0.2, 0) is 6.54 Å². The van der Waals surface area contributed by atoms with Crippen LogP contribution in [0.5, 0.6) is 0 Å². The van der Waals surface area contributed by atoms with Crippen molar-refractivity contribution in [1.82, 2.24) is 25.8 Å². The fourth-order valence-corrected chi connectivity index (χ4v) is 2.58. The van der Waals surface area contributed by atoms with Crippen molar-refractivity contribution in [1.29, 1.82) is 0 Å². The maximum Gasteiger partial charge on any atom is 0.191 e. The molecular weight excluding hydrogens is 288 g/mol. The maximum atomic E-state index is 4.69. The molecule has 0 fully saturated rings. The van der Waals surface area contributed by atoms with Gasteiger partial charge in [-0.05, 0) is 31.4 Å². The van der Waals surface area contributed by atoms with E-state index in [1.165, 1.54) is 6.33 Å². The summed E-state index contributed by atoms with van der Waals surface area (Å²) in [5.74, 6) is 1.64. The second-order valence-corrected chi connectivity index (χ2v) is 5.51. The van der Waals surface area contributed by atoms with Crippen LogP contribution in [0.3, 0.4) is 0 Å². The van der Waals surface area contributed by atoms with Crippen molar-refractivity contribution in [2.45, 2.75) is 32.4 Å². The van der Waals surface area contributed by atoms with Gasteiger partial charge in [-0.1, -0.05) is 30.4 Å². The van der Waals surface area contributed by atoms with E-state index in [9.17, 15) is 0 Å². The van der Waals surface area contributed by atoms with Crippen LogP contribution in [0, 0.1) is 0 Å². The van der Waals surface area contributed by atoms with Gasteiger partial charge in [0, 0.05) is 18.2 Å². The number of nitrogens with zero attached hydrogens (tertiary/aromatic N) is 3. The van der Waals surface area contributed by atoms with Gasteiger partial charge in [-0.2, -0.15) is 5.10 Å². The van der Waals surface area contributed by atoms with Crippen LogP contribution in [0.1, 0.15) is 25.3 Å². The largest absolute Gasteiger partial charge is 0.357 e. The van der Waals surface area contributed by atoms with Gasteiger partial charge in [0.15, 0.2) is 11.8 Å². The SMILES string of the molecule is CCNC(=NCc1cccc(-c2ncn[nH]2)c1)NC1CC=CC1. The lowest BCUT2D eigenvalue weighted by Gasteiger charge is -2.16. The van der Waals surface area contributed by atoms with Gasteiger partial charge in [0.1, 0.15) is 6.33 Å². The molecule has 0 spiro atoms. The van der Waals surface area contributed by atoms with Crippen LogP contribution < -0.4 is 10.6 Å². The van der Waals surface area contributed by atoms with Gasteiger partial charge in [-0.15, -0.1) is 0 Å². The van der Waals surface area contributed by atoms with Crippen molar-refractivity contribution in [3.05, 3.63) is 48.3 Å². The average Bonchev–Trinajstić information content (AvgIpc) is 3.27. The van der Waals surface area contributed by atoms with Crippen LogP contribution in [0.4, 0.5) is 0 Å². The highest BCUT2D eigenvalue weighted by atomic mass is 15.2. The predicted octanol–water partition coefficient (Wildman–Crippen LogP) is 2.25. The average molecular weight is 310 g/mol. The third-order valence-corrected chi connectivity index (χ3v) is 3.73. The molecule has 0 aliphatic heterocycles. The van der Waals surface area contributed by atoms with E-state index >= 15 is 0 Å². The lowest BCUT2D eigenvalue weighted by Crippen LogP contribution is -2.42. The molecule has 3 N–H and O–H groups in total. The van der Waals surface area contributed by atoms with Crippen LogP contribution in [0.2, 0.25) is 0 Å². The fraction of sp³-hybridized carbons (Fsp3) is 0.353. The van der Waals surface area contributed by atoms with E-state index in [4.69, 9.17) is 4.99 Å². The van der Waals surface area contributed by atoms with Gasteiger partial charge in [-0.25, -0.2) is 9.98 Å². The first-order valence-corrected chi connectivity index (χ1v) is 7.99. The third kappa shape index (κ3) is 4.18. The van der Waals surface area contributed by atoms with Gasteiger partial charge < -0.3 is 10.6 Å². The van der Waals surface area contributed by atoms with E-state index in [1.54, 1.807) is 0 Å². The zero-order chi connectivity index (χ0) is 15.9. The molecule has 0 radical (unpaired) electrons. The monoisotopic (exact) mass is 310 g/mol. The Morgan fingerprint density at radius 1 is 1.35 bits per heavy atom. The van der Waals surface area contributed by atoms with Crippen LogP contribution in [0.15, 0.2) is 47.7 Å². The van der Waals surface area contributed by atoms with Crippen molar-refractivity contribution < 1.29 is 0 Å². The summed E-state index contributed by atoms with van der Waals surface area (Å²) in [6.07, 6.45) is 8.06. The number of H-pyrrole nitrogens is 1. The smallest absolute Gasteiger partial charge is 0.191 e. The molecule has 1 aliphatic rings. The number of hydrogen-bond donors (Lipinski definition) is 3. The van der Waals surface area contributed by atoms with E-state index < -0.39 is 0 Å². The molecule has 1 aromatic carbocycles. The molecular formula is C17H22N6. The number of rotatable bonds is 5. The van der Waals surface area contributed by atoms with E-state index in [2.05, 4.69) is 57.0 Å². The molecule has 0 unspecified atom stereocenters. The Labute approximate surface area is 136 Å². The van der Waals surface area contributed by atoms with E-state index in [0.717, 1.165) is 42.3 Å². The zero-order valence-electron chi connectivity index (χ0n) is 13.3. The van der Waals surface area contributed by atoms with Gasteiger partial charge >= 0.3 is 0 Å². The molecule has 1 heterocycles. The van der Waals surface area contributed by atoms with Gasteiger partial charge in [0.2, 0.25) is 0 Å². The minimum atomic E-state index is 0.452. The lowest BCUT2D eigenvalue weighted by molar-refractivity contribution is 0.633. The lowest BCUT2D eigenvalue weighted by atomic mass is 10.1. The Kier molecular flexibility index (Phi) is 5.03. The summed E-state index contributed by atoms with van der Waals surface area (Å²) in [6, 6.07) is 8.65. The number of hydrogen-bond acceptors (Lipinski definition) is 3. The summed E-state index contributed by atoms with van der Waals surface area (Å²) in [5, 5.41) is 13.6. The number of benzene rings is 1. The van der Waals surface area contributed by atoms with Crippen molar-refractivity contribution in [2.75, 3.05) is 6.54 Å². The maximum absolute atomic E-state index is 4.69. The van der Waals surface area contributed by atoms with Crippen LogP contribution in [0.25, 0.3) is 11.4 Å². The number of aromatic amines is 1. The zero-order valence-corrected chi connectivity index (χ0v) is 13.3. The Bertz CT molecular complexity index is 666. The van der Waals surface area contributed by atoms with Gasteiger partial charge in [0.05, 0.1) is 6.54 Å². The minimum absolute atomic E-state index is 0.452. The molecule has 6 nitrogen and oxygen atoms in total. The van der Waals surface area contributed by atoms with Crippen molar-refractivity contribution in [3.8, 4) is 11.4 Å². The number of guanidine groups is 1. The molecule has 0 saturated heterocycles. The molecule has 120 valence electrons. The van der Waals surface area contributed by atoms with Crippen molar-refractivity contribution in [2.24, 2.45) is 4.99 Å². The van der Waals surface area contributed by atoms with Crippen molar-refractivity contribution in [3.63, 3.8) is 0 Å². The molecule has 2 aromatic rings. The van der Waals surface area contributed by atoms with E-state index in [0.29, 0.717) is 12.6 Å². The highest BCUT2D eigenvalue weighted by Gasteiger charge is 2.11. The van der Waals surface area contributed by atoms with Crippen molar-refractivity contribution >= 4 is 5.96 Å². The second-order valence-electron chi connectivity index (χ2n) is 5.51. The second kappa shape index (κ2) is 7.58. The fourth-order valence-electron chi connectivity index (χ4n) is 2.58. The molecule has 0 bridgehead atoms. The molecule has 1 aromatic heterocycles. The first kappa shape index (κ1) is 15.3. The standard InChI is InChI=1S/C17H22N6/c1-2-18-17(22-15-8-3-4-9-15)19-11-13-6-5-7-14(10-13)16-20-12-21-23-16/h3-7,10,12,15H,2,8-9,11H2,1H3,(H2,18,19,22)(H,20,21,23). The predicted molar refractivity (Wildman–Crippen MR) is 91.9 cm³/mol. The quantitative estimate of drug-likeness (QED) is 0.450. The Morgan fingerprint density at radius 3 is 2.96 bits per heavy atom. The Hall–Kier alpha value is -2.63. The molecule has 1 aliphatic carbocycles. The highest BCUT2D eigenvalue weighted by molar-refractivity contribution is 5.80. The number of aliphatic imine (C=N–C) groups is 1. The number of nitrogens with one attached hydrogen (secondary N) is 3. The molecule has 23 heavy (non-hydrogen) atoms. The summed E-state index contributed by atoms with van der Waals surface area (Å²) in [6.45, 7) is 3.55. The number of aromatic nitrogens is 3. The first-order chi connectivity index (χ1) is 11.3.